The molecule has 0 amide bonds. The summed E-state index contributed by atoms with van der Waals surface area (Å²) in [5, 5.41) is 2.11. The lowest BCUT2D eigenvalue weighted by atomic mass is 10.1. The zero-order valence-electron chi connectivity index (χ0n) is 6.09. The van der Waals surface area contributed by atoms with Crippen LogP contribution in [0.4, 0.5) is 0 Å². The van der Waals surface area contributed by atoms with E-state index < -0.39 is 0 Å². The number of nitrogens with zero attached hydrogens (tertiary/aromatic N) is 1. The van der Waals surface area contributed by atoms with E-state index in [2.05, 4.69) is 31.0 Å². The van der Waals surface area contributed by atoms with E-state index in [1.807, 2.05) is 6.08 Å². The number of hydrogen-bond donors (Lipinski definition) is 1. The van der Waals surface area contributed by atoms with Gasteiger partial charge in [0.25, 0.3) is 0 Å². The Morgan fingerprint density at radius 1 is 1.78 bits per heavy atom. The summed E-state index contributed by atoms with van der Waals surface area (Å²) in [6.45, 7) is 5.93. The monoisotopic (exact) mass is 126 g/mol. The summed E-state index contributed by atoms with van der Waals surface area (Å²) in [5.41, 5.74) is 3.28. The van der Waals surface area contributed by atoms with Crippen LogP contribution in [0, 0.1) is 0 Å². The van der Waals surface area contributed by atoms with Crippen molar-refractivity contribution in [3.8, 4) is 0 Å². The molecular weight excluding hydrogens is 112 g/mol. The van der Waals surface area contributed by atoms with Crippen molar-refractivity contribution in [3.05, 3.63) is 12.7 Å². The third kappa shape index (κ3) is 1.32. The van der Waals surface area contributed by atoms with Crippen molar-refractivity contribution in [1.82, 2.24) is 10.4 Å². The van der Waals surface area contributed by atoms with Gasteiger partial charge in [-0.2, -0.15) is 0 Å². The molecule has 0 saturated carbocycles. The Morgan fingerprint density at radius 2 is 2.44 bits per heavy atom. The summed E-state index contributed by atoms with van der Waals surface area (Å²) < 4.78 is 0. The highest BCUT2D eigenvalue weighted by atomic mass is 15.5. The van der Waals surface area contributed by atoms with E-state index >= 15 is 0 Å². The molecule has 9 heavy (non-hydrogen) atoms. The van der Waals surface area contributed by atoms with Crippen LogP contribution in [0.15, 0.2) is 12.7 Å². The van der Waals surface area contributed by atoms with Crippen molar-refractivity contribution >= 4 is 0 Å². The number of hydrogen-bond acceptors (Lipinski definition) is 2. The third-order valence-corrected chi connectivity index (χ3v) is 1.79. The van der Waals surface area contributed by atoms with Gasteiger partial charge in [0, 0.05) is 19.1 Å². The largest absolute Gasteiger partial charge is 0.252 e. The lowest BCUT2D eigenvalue weighted by Crippen LogP contribution is -2.33. The SMILES string of the molecule is C=CC1CC(C)NN1C. The highest BCUT2D eigenvalue weighted by molar-refractivity contribution is 4.92. The van der Waals surface area contributed by atoms with E-state index in [0.29, 0.717) is 12.1 Å². The Balaban J connectivity index is 2.47. The first-order valence-corrected chi connectivity index (χ1v) is 3.35. The van der Waals surface area contributed by atoms with E-state index in [-0.39, 0.29) is 0 Å². The molecule has 2 atom stereocenters. The van der Waals surface area contributed by atoms with Crippen molar-refractivity contribution in [2.75, 3.05) is 7.05 Å². The fourth-order valence-corrected chi connectivity index (χ4v) is 1.27. The first kappa shape index (κ1) is 6.78. The highest BCUT2D eigenvalue weighted by Gasteiger charge is 2.22. The maximum Gasteiger partial charge on any atom is 0.0433 e. The Labute approximate surface area is 56.5 Å². The molecule has 0 spiro atoms. The summed E-state index contributed by atoms with van der Waals surface area (Å²) >= 11 is 0. The first-order valence-electron chi connectivity index (χ1n) is 3.35. The predicted octanol–water partition coefficient (Wildman–Crippen LogP) is 0.770. The Hall–Kier alpha value is -0.340. The van der Waals surface area contributed by atoms with Crippen LogP contribution in [-0.4, -0.2) is 24.1 Å². The molecule has 0 radical (unpaired) electrons. The molecule has 1 aliphatic rings. The molecule has 1 fully saturated rings. The Morgan fingerprint density at radius 3 is 2.67 bits per heavy atom. The van der Waals surface area contributed by atoms with Gasteiger partial charge in [0.15, 0.2) is 0 Å². The quantitative estimate of drug-likeness (QED) is 0.522. The summed E-state index contributed by atoms with van der Waals surface area (Å²) in [7, 11) is 2.05. The van der Waals surface area contributed by atoms with Gasteiger partial charge >= 0.3 is 0 Å². The van der Waals surface area contributed by atoms with E-state index in [9.17, 15) is 0 Å². The zero-order valence-corrected chi connectivity index (χ0v) is 6.09. The number of hydrazine groups is 1. The number of likely N-dealkylation sites (N-methyl/N-ethyl adjacent to an activating group) is 1. The van der Waals surface area contributed by atoms with Crippen LogP contribution in [0.5, 0.6) is 0 Å². The summed E-state index contributed by atoms with van der Waals surface area (Å²) in [6, 6.07) is 1.14. The molecule has 2 unspecified atom stereocenters. The summed E-state index contributed by atoms with van der Waals surface area (Å²) in [5.74, 6) is 0. The minimum atomic E-state index is 0.528. The summed E-state index contributed by atoms with van der Waals surface area (Å²) in [6.07, 6.45) is 3.16. The minimum absolute atomic E-state index is 0.528. The second-order valence-corrected chi connectivity index (χ2v) is 2.68. The van der Waals surface area contributed by atoms with Gasteiger partial charge in [0.1, 0.15) is 0 Å². The lowest BCUT2D eigenvalue weighted by molar-refractivity contribution is 0.259. The van der Waals surface area contributed by atoms with Gasteiger partial charge in [-0.1, -0.05) is 6.08 Å². The van der Waals surface area contributed by atoms with Crippen LogP contribution < -0.4 is 5.43 Å². The molecule has 0 aromatic heterocycles. The van der Waals surface area contributed by atoms with Crippen LogP contribution in [0.2, 0.25) is 0 Å². The van der Waals surface area contributed by atoms with Gasteiger partial charge in [-0.05, 0) is 13.3 Å². The van der Waals surface area contributed by atoms with Gasteiger partial charge < -0.3 is 0 Å². The fraction of sp³-hybridized carbons (Fsp3) is 0.714. The maximum absolute atomic E-state index is 3.75. The van der Waals surface area contributed by atoms with E-state index in [1.54, 1.807) is 0 Å². The minimum Gasteiger partial charge on any atom is -0.252 e. The maximum atomic E-state index is 3.75. The Kier molecular flexibility index (Phi) is 1.88. The molecule has 0 aromatic rings. The van der Waals surface area contributed by atoms with E-state index in [4.69, 9.17) is 0 Å². The second-order valence-electron chi connectivity index (χ2n) is 2.68. The van der Waals surface area contributed by atoms with Gasteiger partial charge in [-0.3, -0.25) is 5.43 Å². The van der Waals surface area contributed by atoms with Gasteiger partial charge in [-0.25, -0.2) is 5.01 Å². The zero-order chi connectivity index (χ0) is 6.85. The highest BCUT2D eigenvalue weighted by Crippen LogP contribution is 2.11. The van der Waals surface area contributed by atoms with Crippen molar-refractivity contribution in [2.24, 2.45) is 0 Å². The van der Waals surface area contributed by atoms with Crippen LogP contribution in [0.1, 0.15) is 13.3 Å². The van der Waals surface area contributed by atoms with Crippen molar-refractivity contribution in [1.29, 1.82) is 0 Å². The van der Waals surface area contributed by atoms with Crippen molar-refractivity contribution in [2.45, 2.75) is 25.4 Å². The molecule has 1 saturated heterocycles. The molecule has 1 N–H and O–H groups in total. The van der Waals surface area contributed by atoms with Gasteiger partial charge in [-0.15, -0.1) is 6.58 Å². The van der Waals surface area contributed by atoms with Crippen LogP contribution in [-0.2, 0) is 0 Å². The molecule has 0 bridgehead atoms. The molecule has 1 heterocycles. The van der Waals surface area contributed by atoms with Crippen molar-refractivity contribution in [3.63, 3.8) is 0 Å². The molecule has 2 nitrogen and oxygen atoms in total. The molecular formula is C7H14N2. The van der Waals surface area contributed by atoms with Gasteiger partial charge in [0.2, 0.25) is 0 Å². The predicted molar refractivity (Wildman–Crippen MR) is 39.0 cm³/mol. The molecule has 0 aliphatic carbocycles. The average Bonchev–Trinajstić information content (AvgIpc) is 2.10. The smallest absolute Gasteiger partial charge is 0.0433 e. The molecule has 52 valence electrons. The molecule has 1 aliphatic heterocycles. The topological polar surface area (TPSA) is 15.3 Å². The summed E-state index contributed by atoms with van der Waals surface area (Å²) in [4.78, 5) is 0. The first-order chi connectivity index (χ1) is 4.24. The molecule has 0 aromatic carbocycles. The van der Waals surface area contributed by atoms with E-state index in [1.165, 1.54) is 6.42 Å². The third-order valence-electron chi connectivity index (χ3n) is 1.79. The fourth-order valence-electron chi connectivity index (χ4n) is 1.27. The molecule has 1 rings (SSSR count). The van der Waals surface area contributed by atoms with E-state index in [0.717, 1.165) is 0 Å². The Bertz CT molecular complexity index is 111. The van der Waals surface area contributed by atoms with Crippen LogP contribution in [0.25, 0.3) is 0 Å². The number of nitrogens with one attached hydrogen (secondary N) is 1. The number of rotatable bonds is 1. The molecule has 2 heteroatoms. The standard InChI is InChI=1S/C7H14N2/c1-4-7-5-6(2)8-9(7)3/h4,6-8H,1,5H2,2-3H3. The van der Waals surface area contributed by atoms with Crippen LogP contribution >= 0.6 is 0 Å². The second kappa shape index (κ2) is 2.50. The van der Waals surface area contributed by atoms with Crippen molar-refractivity contribution < 1.29 is 0 Å². The van der Waals surface area contributed by atoms with Gasteiger partial charge in [0.05, 0.1) is 0 Å². The lowest BCUT2D eigenvalue weighted by Gasteiger charge is -2.13. The van der Waals surface area contributed by atoms with Crippen LogP contribution in [0.3, 0.4) is 0 Å². The normalized spacial score (nSPS) is 37.1. The average molecular weight is 126 g/mol.